The Balaban J connectivity index is 2.39. The molecule has 2 fully saturated rings. The van der Waals surface area contributed by atoms with E-state index in [0.29, 0.717) is 0 Å². The van der Waals surface area contributed by atoms with E-state index < -0.39 is 19.8 Å². The van der Waals surface area contributed by atoms with Crippen LogP contribution in [0.15, 0.2) is 0 Å². The van der Waals surface area contributed by atoms with Gasteiger partial charge in [-0.15, -0.1) is 0 Å². The van der Waals surface area contributed by atoms with Crippen molar-refractivity contribution in [3.63, 3.8) is 0 Å². The summed E-state index contributed by atoms with van der Waals surface area (Å²) in [6, 6.07) is -0.0307. The molecule has 5 N–H and O–H groups in total. The molecule has 100 valence electrons. The van der Waals surface area contributed by atoms with Gasteiger partial charge in [0.1, 0.15) is 12.2 Å². The highest BCUT2D eigenvalue weighted by atomic mass is 31.2. The van der Waals surface area contributed by atoms with Crippen LogP contribution < -0.4 is 5.32 Å². The summed E-state index contributed by atoms with van der Waals surface area (Å²) in [5.41, 5.74) is 0. The largest absolute Gasteiger partial charge is 0.353 e. The summed E-state index contributed by atoms with van der Waals surface area (Å²) in [5, 5.41) is 3.20. The molecule has 6 nitrogen and oxygen atoms in total. The fraction of sp³-hybridized carbons (Fsp3) is 0.889. The lowest BCUT2D eigenvalue weighted by Crippen LogP contribution is -2.38. The van der Waals surface area contributed by atoms with Gasteiger partial charge >= 0.3 is 7.60 Å². The SMILES string of the molecule is C=P(O)(O)C1(P(=O)(O)O)C[C@H]2CCCN[C@H]2C1. The highest BCUT2D eigenvalue weighted by Crippen LogP contribution is 2.75. The zero-order chi connectivity index (χ0) is 12.9. The van der Waals surface area contributed by atoms with Crippen LogP contribution in [-0.2, 0) is 4.57 Å². The van der Waals surface area contributed by atoms with Gasteiger partial charge in [-0.2, -0.15) is 0 Å². The Morgan fingerprint density at radius 1 is 1.24 bits per heavy atom. The number of hydrogen-bond donors (Lipinski definition) is 5. The van der Waals surface area contributed by atoms with Crippen LogP contribution in [0.1, 0.15) is 25.7 Å². The zero-order valence-electron chi connectivity index (χ0n) is 9.49. The molecule has 1 aliphatic heterocycles. The number of rotatable bonds is 2. The van der Waals surface area contributed by atoms with Crippen LogP contribution in [0, 0.1) is 5.92 Å². The molecule has 1 unspecified atom stereocenters. The average molecular weight is 283 g/mol. The summed E-state index contributed by atoms with van der Waals surface area (Å²) >= 11 is 0. The Kier molecular flexibility index (Phi) is 3.38. The van der Waals surface area contributed by atoms with Gasteiger partial charge in [0, 0.05) is 6.04 Å². The van der Waals surface area contributed by atoms with Crippen LogP contribution in [0.25, 0.3) is 0 Å². The molecule has 0 aromatic carbocycles. The molecule has 0 spiro atoms. The Hall–Kier alpha value is 0.330. The monoisotopic (exact) mass is 283 g/mol. The Bertz CT molecular complexity index is 362. The Morgan fingerprint density at radius 3 is 2.35 bits per heavy atom. The van der Waals surface area contributed by atoms with Gasteiger partial charge in [-0.05, 0) is 38.1 Å². The van der Waals surface area contributed by atoms with Gasteiger partial charge in [-0.25, -0.2) is 0 Å². The molecule has 0 radical (unpaired) electrons. The normalized spacial score (nSPS) is 39.1. The van der Waals surface area contributed by atoms with E-state index in [1.165, 1.54) is 0 Å². The van der Waals surface area contributed by atoms with E-state index in [1.807, 2.05) is 0 Å². The van der Waals surface area contributed by atoms with E-state index in [4.69, 9.17) is 0 Å². The summed E-state index contributed by atoms with van der Waals surface area (Å²) in [6.45, 7) is 0.817. The minimum atomic E-state index is -4.59. The molecular weight excluding hydrogens is 264 g/mol. The summed E-state index contributed by atoms with van der Waals surface area (Å²) in [6.07, 6.45) is 5.34. The van der Waals surface area contributed by atoms with Crippen molar-refractivity contribution in [1.82, 2.24) is 5.32 Å². The molecule has 1 saturated heterocycles. The smallest absolute Gasteiger partial charge is 0.340 e. The first kappa shape index (κ1) is 13.8. The third kappa shape index (κ3) is 2.17. The molecule has 3 atom stereocenters. The topological polar surface area (TPSA) is 110 Å². The average Bonchev–Trinajstić information content (AvgIpc) is 2.55. The van der Waals surface area contributed by atoms with E-state index >= 15 is 0 Å². The second-order valence-electron chi connectivity index (χ2n) is 5.13. The van der Waals surface area contributed by atoms with Gasteiger partial charge in [0.25, 0.3) is 0 Å². The number of nitrogens with one attached hydrogen (secondary N) is 1. The molecule has 1 heterocycles. The summed E-state index contributed by atoms with van der Waals surface area (Å²) in [4.78, 5) is 36.8. The molecular formula is C9H19NO5P2. The van der Waals surface area contributed by atoms with Crippen molar-refractivity contribution < 1.29 is 24.1 Å². The lowest BCUT2D eigenvalue weighted by molar-refractivity contribution is 0.317. The van der Waals surface area contributed by atoms with Crippen LogP contribution in [0.2, 0.25) is 0 Å². The molecule has 1 saturated carbocycles. The molecule has 17 heavy (non-hydrogen) atoms. The van der Waals surface area contributed by atoms with E-state index in [0.717, 1.165) is 19.4 Å². The van der Waals surface area contributed by atoms with Crippen LogP contribution >= 0.6 is 14.9 Å². The van der Waals surface area contributed by atoms with E-state index in [-0.39, 0.29) is 24.8 Å². The standard InChI is InChI=1S/C9H19NO5P2/c1-16(11,12)9(17(13,14)15)5-7-3-2-4-10-8(7)6-9/h7-8,10-12H,1-6H2,(H2,13,14,15)/t7-,8+,9?/m1/s1. The van der Waals surface area contributed by atoms with Crippen LogP contribution in [0.4, 0.5) is 0 Å². The maximum absolute atomic E-state index is 11.7. The summed E-state index contributed by atoms with van der Waals surface area (Å²) in [7, 11) is -8.43. The van der Waals surface area contributed by atoms with Crippen molar-refractivity contribution >= 4 is 21.2 Å². The van der Waals surface area contributed by atoms with Crippen molar-refractivity contribution in [2.45, 2.75) is 36.6 Å². The van der Waals surface area contributed by atoms with Crippen LogP contribution in [0.5, 0.6) is 0 Å². The number of piperidine rings is 1. The fourth-order valence-electron chi connectivity index (χ4n) is 3.10. The van der Waals surface area contributed by atoms with Gasteiger partial charge in [0.15, 0.2) is 0 Å². The quantitative estimate of drug-likeness (QED) is 0.466. The van der Waals surface area contributed by atoms with Crippen molar-refractivity contribution in [3.05, 3.63) is 0 Å². The molecule has 2 rings (SSSR count). The molecule has 1 aliphatic carbocycles. The first-order chi connectivity index (χ1) is 7.67. The predicted molar refractivity (Wildman–Crippen MR) is 67.0 cm³/mol. The molecule has 0 bridgehead atoms. The van der Waals surface area contributed by atoms with Gasteiger partial charge in [0.2, 0.25) is 0 Å². The zero-order valence-corrected chi connectivity index (χ0v) is 11.3. The molecule has 2 aliphatic rings. The van der Waals surface area contributed by atoms with Crippen molar-refractivity contribution in [2.24, 2.45) is 5.92 Å². The van der Waals surface area contributed by atoms with Gasteiger partial charge in [0.05, 0.1) is 0 Å². The Labute approximate surface area is 100 Å². The Morgan fingerprint density at radius 2 is 1.88 bits per heavy atom. The molecule has 0 aromatic heterocycles. The number of hydrogen-bond acceptors (Lipinski definition) is 4. The van der Waals surface area contributed by atoms with Gasteiger partial charge < -0.3 is 24.9 Å². The second kappa shape index (κ2) is 4.17. The molecule has 0 amide bonds. The highest BCUT2D eigenvalue weighted by Gasteiger charge is 2.62. The lowest BCUT2D eigenvalue weighted by atomic mass is 9.94. The maximum atomic E-state index is 11.7. The van der Waals surface area contributed by atoms with Gasteiger partial charge in [-0.1, -0.05) is 6.30 Å². The highest BCUT2D eigenvalue weighted by molar-refractivity contribution is 7.77. The molecule has 0 aromatic rings. The van der Waals surface area contributed by atoms with Crippen LogP contribution in [-0.4, -0.2) is 43.4 Å². The van der Waals surface area contributed by atoms with Crippen molar-refractivity contribution in [1.29, 1.82) is 0 Å². The van der Waals surface area contributed by atoms with E-state index in [1.54, 1.807) is 0 Å². The lowest BCUT2D eigenvalue weighted by Gasteiger charge is -2.35. The minimum Gasteiger partial charge on any atom is -0.353 e. The molecule has 8 heteroatoms. The van der Waals surface area contributed by atoms with Crippen molar-refractivity contribution in [2.75, 3.05) is 6.54 Å². The second-order valence-corrected chi connectivity index (χ2v) is 9.74. The van der Waals surface area contributed by atoms with E-state index in [2.05, 4.69) is 11.6 Å². The summed E-state index contributed by atoms with van der Waals surface area (Å²) in [5.74, 6) is 0.108. The third-order valence-electron chi connectivity index (χ3n) is 4.07. The minimum absolute atomic E-state index is 0.0307. The van der Waals surface area contributed by atoms with Gasteiger partial charge in [-0.3, -0.25) is 4.57 Å². The number of fused-ring (bicyclic) bond motifs is 1. The summed E-state index contributed by atoms with van der Waals surface area (Å²) < 4.78 is 11.7. The third-order valence-corrected chi connectivity index (χ3v) is 8.96. The first-order valence-electron chi connectivity index (χ1n) is 5.65. The van der Waals surface area contributed by atoms with Crippen LogP contribution in [0.3, 0.4) is 0 Å². The first-order valence-corrected chi connectivity index (χ1v) is 9.15. The predicted octanol–water partition coefficient (Wildman–Crippen LogP) is 0.287. The van der Waals surface area contributed by atoms with E-state index in [9.17, 15) is 24.1 Å². The van der Waals surface area contributed by atoms with Crippen molar-refractivity contribution in [3.8, 4) is 0 Å². The fourth-order valence-corrected chi connectivity index (χ4v) is 6.69. The maximum Gasteiger partial charge on any atom is 0.340 e.